The predicted octanol–water partition coefficient (Wildman–Crippen LogP) is 3.05. The van der Waals surface area contributed by atoms with Crippen molar-refractivity contribution < 1.29 is 19.4 Å². The number of nitrogens with one attached hydrogen (secondary N) is 1. The first kappa shape index (κ1) is 21.1. The Balaban J connectivity index is 0.00000312. The molecule has 6 nitrogen and oxygen atoms in total. The van der Waals surface area contributed by atoms with Crippen molar-refractivity contribution in [3.63, 3.8) is 0 Å². The van der Waals surface area contributed by atoms with Crippen LogP contribution in [0.1, 0.15) is 19.5 Å². The molecule has 0 spiro atoms. The Morgan fingerprint density at radius 1 is 1.36 bits per heavy atom. The maximum Gasteiger partial charge on any atom is 0.327 e. The molecule has 1 heterocycles. The van der Waals surface area contributed by atoms with Gasteiger partial charge in [0.1, 0.15) is 11.8 Å². The first-order valence-electron chi connectivity index (χ1n) is 7.57. The molecule has 136 valence electrons. The highest BCUT2D eigenvalue weighted by Gasteiger charge is 2.19. The molecule has 2 rings (SSSR count). The number of aryl methyl sites for hydroxylation is 1. The second kappa shape index (κ2) is 9.48. The number of amides is 1. The van der Waals surface area contributed by atoms with Crippen LogP contribution >= 0.6 is 24.2 Å². The third-order valence-electron chi connectivity index (χ3n) is 3.26. The number of thioether (sulfide) groups is 1. The quantitative estimate of drug-likeness (QED) is 0.713. The number of hydrogen-bond donors (Lipinski definition) is 2. The summed E-state index contributed by atoms with van der Waals surface area (Å²) in [4.78, 5) is 27.8. The highest BCUT2D eigenvalue weighted by Crippen LogP contribution is 2.31. The number of carboxylic acid groups (broad SMARTS) is 1. The predicted molar refractivity (Wildman–Crippen MR) is 101 cm³/mol. The molecule has 1 atom stereocenters. The zero-order valence-corrected chi connectivity index (χ0v) is 15.9. The Labute approximate surface area is 156 Å². The van der Waals surface area contributed by atoms with Gasteiger partial charge in [-0.1, -0.05) is 0 Å². The fourth-order valence-electron chi connectivity index (χ4n) is 2.27. The standard InChI is InChI=1S/C17H20N2O4S.ClH/c1-4-23-12-5-6-14-13(8-12)16(7-10(2)18-14)24-9-15(17(21)22)19-11(3)20;/h5-8,15H,4,9H2,1-3H3,(H,19,20)(H,21,22);1H. The summed E-state index contributed by atoms with van der Waals surface area (Å²) >= 11 is 1.38. The number of rotatable bonds is 7. The second-order valence-electron chi connectivity index (χ2n) is 5.28. The van der Waals surface area contributed by atoms with Crippen molar-refractivity contribution in [2.75, 3.05) is 12.4 Å². The highest BCUT2D eigenvalue weighted by molar-refractivity contribution is 7.99. The number of nitrogens with zero attached hydrogens (tertiary/aromatic N) is 1. The number of aliphatic carboxylic acids is 1. The number of carboxylic acids is 1. The smallest absolute Gasteiger partial charge is 0.327 e. The van der Waals surface area contributed by atoms with Crippen LogP contribution in [0, 0.1) is 6.92 Å². The molecule has 0 saturated heterocycles. The van der Waals surface area contributed by atoms with Crippen LogP contribution in [0.2, 0.25) is 0 Å². The third-order valence-corrected chi connectivity index (χ3v) is 4.41. The summed E-state index contributed by atoms with van der Waals surface area (Å²) in [5.41, 5.74) is 1.67. The zero-order valence-electron chi connectivity index (χ0n) is 14.2. The van der Waals surface area contributed by atoms with Crippen molar-refractivity contribution in [3.8, 4) is 5.75 Å². The van der Waals surface area contributed by atoms with Crippen molar-refractivity contribution in [1.29, 1.82) is 0 Å². The van der Waals surface area contributed by atoms with E-state index < -0.39 is 12.0 Å². The second-order valence-corrected chi connectivity index (χ2v) is 6.34. The zero-order chi connectivity index (χ0) is 17.7. The Morgan fingerprint density at radius 2 is 2.08 bits per heavy atom. The van der Waals surface area contributed by atoms with Crippen LogP contribution in [0.3, 0.4) is 0 Å². The molecule has 1 aromatic heterocycles. The molecule has 0 radical (unpaired) electrons. The van der Waals surface area contributed by atoms with Crippen molar-refractivity contribution in [1.82, 2.24) is 10.3 Å². The summed E-state index contributed by atoms with van der Waals surface area (Å²) in [6.45, 7) is 5.68. The van der Waals surface area contributed by atoms with Gasteiger partial charge in [-0.3, -0.25) is 9.78 Å². The van der Waals surface area contributed by atoms with Crippen LogP contribution in [-0.4, -0.2) is 40.4 Å². The van der Waals surface area contributed by atoms with E-state index in [1.807, 2.05) is 38.1 Å². The monoisotopic (exact) mass is 384 g/mol. The molecule has 0 aliphatic rings. The maximum absolute atomic E-state index is 11.3. The minimum absolute atomic E-state index is 0. The van der Waals surface area contributed by atoms with E-state index in [1.54, 1.807) is 0 Å². The number of pyridine rings is 1. The van der Waals surface area contributed by atoms with Gasteiger partial charge in [0.25, 0.3) is 0 Å². The molecule has 8 heteroatoms. The number of aromatic nitrogens is 1. The van der Waals surface area contributed by atoms with Crippen LogP contribution in [0.15, 0.2) is 29.2 Å². The van der Waals surface area contributed by atoms with Gasteiger partial charge in [-0.2, -0.15) is 0 Å². The number of benzene rings is 1. The number of carbonyl (C=O) groups is 2. The Kier molecular flexibility index (Phi) is 7.99. The molecule has 1 unspecified atom stereocenters. The fourth-order valence-corrected chi connectivity index (χ4v) is 3.41. The van der Waals surface area contributed by atoms with Crippen LogP contribution < -0.4 is 10.1 Å². The molecule has 25 heavy (non-hydrogen) atoms. The molecular formula is C17H21ClN2O4S. The van der Waals surface area contributed by atoms with Crippen molar-refractivity contribution in [2.24, 2.45) is 0 Å². The maximum atomic E-state index is 11.3. The Bertz CT molecular complexity index is 770. The normalized spacial score (nSPS) is 11.5. The first-order chi connectivity index (χ1) is 11.4. The number of fused-ring (bicyclic) bond motifs is 1. The summed E-state index contributed by atoms with van der Waals surface area (Å²) in [5, 5.41) is 12.6. The van der Waals surface area contributed by atoms with Gasteiger partial charge in [0.05, 0.1) is 12.1 Å². The molecule has 0 aliphatic carbocycles. The fraction of sp³-hybridized carbons (Fsp3) is 0.353. The van der Waals surface area contributed by atoms with Crippen molar-refractivity contribution in [3.05, 3.63) is 30.0 Å². The summed E-state index contributed by atoms with van der Waals surface area (Å²) in [5.74, 6) is -0.443. The van der Waals surface area contributed by atoms with E-state index in [2.05, 4.69) is 10.3 Å². The van der Waals surface area contributed by atoms with E-state index in [0.29, 0.717) is 6.61 Å². The molecule has 0 bridgehead atoms. The van der Waals surface area contributed by atoms with E-state index in [4.69, 9.17) is 4.74 Å². The molecule has 0 saturated carbocycles. The van der Waals surface area contributed by atoms with Crippen LogP contribution in [0.5, 0.6) is 5.75 Å². The molecule has 1 aromatic carbocycles. The number of halogens is 1. The van der Waals surface area contributed by atoms with E-state index in [9.17, 15) is 14.7 Å². The molecule has 0 aliphatic heterocycles. The highest BCUT2D eigenvalue weighted by atomic mass is 35.5. The first-order valence-corrected chi connectivity index (χ1v) is 8.56. The molecular weight excluding hydrogens is 364 g/mol. The van der Waals surface area contributed by atoms with Gasteiger partial charge in [-0.05, 0) is 38.1 Å². The van der Waals surface area contributed by atoms with E-state index in [-0.39, 0.29) is 24.1 Å². The molecule has 1 amide bonds. The summed E-state index contributed by atoms with van der Waals surface area (Å²) in [6, 6.07) is 6.63. The topological polar surface area (TPSA) is 88.5 Å². The van der Waals surface area contributed by atoms with E-state index in [0.717, 1.165) is 27.2 Å². The summed E-state index contributed by atoms with van der Waals surface area (Å²) in [7, 11) is 0. The lowest BCUT2D eigenvalue weighted by Crippen LogP contribution is -2.41. The Hall–Kier alpha value is -1.99. The summed E-state index contributed by atoms with van der Waals surface area (Å²) < 4.78 is 5.53. The number of carbonyl (C=O) groups excluding carboxylic acids is 1. The van der Waals surface area contributed by atoms with Gasteiger partial charge < -0.3 is 15.2 Å². The Morgan fingerprint density at radius 3 is 2.68 bits per heavy atom. The SMILES string of the molecule is CCOc1ccc2nc(C)cc(SCC(NC(C)=O)C(=O)O)c2c1.Cl. The van der Waals surface area contributed by atoms with E-state index in [1.165, 1.54) is 18.7 Å². The lowest BCUT2D eigenvalue weighted by molar-refractivity contribution is -0.140. The van der Waals surface area contributed by atoms with Gasteiger partial charge in [0.15, 0.2) is 0 Å². The van der Waals surface area contributed by atoms with E-state index >= 15 is 0 Å². The largest absolute Gasteiger partial charge is 0.494 e. The van der Waals surface area contributed by atoms with Gasteiger partial charge in [0.2, 0.25) is 5.91 Å². The average molecular weight is 385 g/mol. The minimum Gasteiger partial charge on any atom is -0.494 e. The van der Waals surface area contributed by atoms with Crippen molar-refractivity contribution >= 4 is 46.9 Å². The number of hydrogen-bond acceptors (Lipinski definition) is 5. The van der Waals surface area contributed by atoms with Crippen LogP contribution in [0.25, 0.3) is 10.9 Å². The lowest BCUT2D eigenvalue weighted by atomic mass is 10.2. The minimum atomic E-state index is -1.05. The van der Waals surface area contributed by atoms with Gasteiger partial charge in [-0.15, -0.1) is 24.2 Å². The lowest BCUT2D eigenvalue weighted by Gasteiger charge is -2.14. The van der Waals surface area contributed by atoms with Gasteiger partial charge in [0, 0.05) is 28.7 Å². The van der Waals surface area contributed by atoms with Crippen LogP contribution in [0.4, 0.5) is 0 Å². The molecule has 0 fully saturated rings. The third kappa shape index (κ3) is 5.79. The van der Waals surface area contributed by atoms with Gasteiger partial charge in [-0.25, -0.2) is 4.79 Å². The molecule has 2 N–H and O–H groups in total. The summed E-state index contributed by atoms with van der Waals surface area (Å²) in [6.07, 6.45) is 0. The average Bonchev–Trinajstić information content (AvgIpc) is 2.51. The molecule has 2 aromatic rings. The van der Waals surface area contributed by atoms with Crippen molar-refractivity contribution in [2.45, 2.75) is 31.7 Å². The van der Waals surface area contributed by atoms with Gasteiger partial charge >= 0.3 is 5.97 Å². The van der Waals surface area contributed by atoms with Crippen LogP contribution in [-0.2, 0) is 9.59 Å². The number of ether oxygens (including phenoxy) is 1.